The Morgan fingerprint density at radius 1 is 1.19 bits per heavy atom. The van der Waals surface area contributed by atoms with Crippen LogP contribution in [0.5, 0.6) is 5.75 Å². The van der Waals surface area contributed by atoms with E-state index in [1.165, 1.54) is 16.0 Å². The maximum Gasteiger partial charge on any atom is 0.118 e. The molecule has 2 nitrogen and oxygen atoms in total. The van der Waals surface area contributed by atoms with E-state index in [2.05, 4.69) is 36.4 Å². The molecule has 0 amide bonds. The van der Waals surface area contributed by atoms with Crippen LogP contribution in [0.2, 0.25) is 0 Å². The van der Waals surface area contributed by atoms with Gasteiger partial charge in [-0.25, -0.2) is 0 Å². The van der Waals surface area contributed by atoms with E-state index in [1.807, 2.05) is 23.9 Å². The average Bonchev–Trinajstić information content (AvgIpc) is 2.91. The number of nitrogens with two attached hydrogens (primary N) is 1. The molecule has 0 aliphatic carbocycles. The van der Waals surface area contributed by atoms with Gasteiger partial charge in [-0.2, -0.15) is 0 Å². The lowest BCUT2D eigenvalue weighted by atomic mass is 9.91. The molecule has 2 N–H and O–H groups in total. The fourth-order valence-corrected chi connectivity index (χ4v) is 4.21. The second-order valence-electron chi connectivity index (χ2n) is 5.59. The van der Waals surface area contributed by atoms with Crippen LogP contribution in [0, 0.1) is 0 Å². The minimum atomic E-state index is 0.204. The van der Waals surface area contributed by atoms with Crippen molar-refractivity contribution >= 4 is 11.8 Å². The predicted molar refractivity (Wildman–Crippen MR) is 89.2 cm³/mol. The fraction of sp³-hybridized carbons (Fsp3) is 0.333. The Labute approximate surface area is 130 Å². The second-order valence-corrected chi connectivity index (χ2v) is 6.66. The van der Waals surface area contributed by atoms with Crippen molar-refractivity contribution in [2.45, 2.75) is 29.7 Å². The van der Waals surface area contributed by atoms with Crippen LogP contribution in [0.25, 0.3) is 0 Å². The normalized spacial score (nSPS) is 18.3. The van der Waals surface area contributed by atoms with Crippen molar-refractivity contribution in [1.82, 2.24) is 0 Å². The van der Waals surface area contributed by atoms with Crippen LogP contribution in [0.15, 0.2) is 53.4 Å². The zero-order valence-electron chi connectivity index (χ0n) is 12.3. The monoisotopic (exact) mass is 299 g/mol. The van der Waals surface area contributed by atoms with Crippen molar-refractivity contribution < 1.29 is 4.74 Å². The molecule has 2 aromatic carbocycles. The van der Waals surface area contributed by atoms with Crippen LogP contribution in [0.3, 0.4) is 0 Å². The van der Waals surface area contributed by atoms with Gasteiger partial charge in [0.1, 0.15) is 5.75 Å². The molecule has 0 fully saturated rings. The number of hydrogen-bond donors (Lipinski definition) is 1. The fourth-order valence-electron chi connectivity index (χ4n) is 2.94. The van der Waals surface area contributed by atoms with Crippen LogP contribution in [-0.2, 0) is 6.42 Å². The SMILES string of the molecule is COc1ccc(CC(N)CC2CSc3ccccc32)cc1. The molecule has 3 heteroatoms. The third-order valence-corrected chi connectivity index (χ3v) is 5.29. The summed E-state index contributed by atoms with van der Waals surface area (Å²) >= 11 is 1.96. The van der Waals surface area contributed by atoms with Gasteiger partial charge in [-0.1, -0.05) is 30.3 Å². The molecule has 1 aliphatic heterocycles. The first-order chi connectivity index (χ1) is 10.3. The van der Waals surface area contributed by atoms with Gasteiger partial charge in [0, 0.05) is 16.7 Å². The highest BCUT2D eigenvalue weighted by atomic mass is 32.2. The van der Waals surface area contributed by atoms with Crippen molar-refractivity contribution in [1.29, 1.82) is 0 Å². The van der Waals surface area contributed by atoms with Gasteiger partial charge in [0.2, 0.25) is 0 Å². The number of rotatable bonds is 5. The zero-order valence-corrected chi connectivity index (χ0v) is 13.1. The number of hydrogen-bond acceptors (Lipinski definition) is 3. The maximum atomic E-state index is 6.37. The van der Waals surface area contributed by atoms with Crippen LogP contribution in [0.4, 0.5) is 0 Å². The number of benzene rings is 2. The van der Waals surface area contributed by atoms with Crippen LogP contribution in [0.1, 0.15) is 23.5 Å². The first kappa shape index (κ1) is 14.5. The summed E-state index contributed by atoms with van der Waals surface area (Å²) in [6.45, 7) is 0. The lowest BCUT2D eigenvalue weighted by molar-refractivity contribution is 0.414. The van der Waals surface area contributed by atoms with E-state index in [0.717, 1.165) is 24.3 Å². The summed E-state index contributed by atoms with van der Waals surface area (Å²) in [5.41, 5.74) is 9.13. The van der Waals surface area contributed by atoms with Crippen LogP contribution in [-0.4, -0.2) is 18.9 Å². The van der Waals surface area contributed by atoms with Gasteiger partial charge in [-0.3, -0.25) is 0 Å². The number of thioether (sulfide) groups is 1. The van der Waals surface area contributed by atoms with Crippen LogP contribution < -0.4 is 10.5 Å². The second kappa shape index (κ2) is 6.54. The minimum absolute atomic E-state index is 0.204. The third kappa shape index (κ3) is 3.42. The Kier molecular flexibility index (Phi) is 4.51. The summed E-state index contributed by atoms with van der Waals surface area (Å²) in [7, 11) is 1.69. The molecule has 0 saturated heterocycles. The Morgan fingerprint density at radius 2 is 1.95 bits per heavy atom. The first-order valence-electron chi connectivity index (χ1n) is 7.36. The van der Waals surface area contributed by atoms with Crippen molar-refractivity contribution in [3.63, 3.8) is 0 Å². The summed E-state index contributed by atoms with van der Waals surface area (Å²) in [4.78, 5) is 1.43. The standard InChI is InChI=1S/C18H21NOS/c1-20-16-8-6-13(7-9-16)10-15(19)11-14-12-21-18-5-3-2-4-17(14)18/h2-9,14-15H,10-12,19H2,1H3. The maximum absolute atomic E-state index is 6.37. The highest BCUT2D eigenvalue weighted by molar-refractivity contribution is 7.99. The molecule has 0 spiro atoms. The molecule has 0 radical (unpaired) electrons. The smallest absolute Gasteiger partial charge is 0.118 e. The van der Waals surface area contributed by atoms with Gasteiger partial charge in [-0.05, 0) is 48.1 Å². The Bertz CT molecular complexity index is 596. The minimum Gasteiger partial charge on any atom is -0.497 e. The lowest BCUT2D eigenvalue weighted by Crippen LogP contribution is -2.25. The molecule has 3 rings (SSSR count). The first-order valence-corrected chi connectivity index (χ1v) is 8.35. The topological polar surface area (TPSA) is 35.2 Å². The van der Waals surface area contributed by atoms with E-state index in [9.17, 15) is 0 Å². The molecule has 110 valence electrons. The molecule has 2 unspecified atom stereocenters. The summed E-state index contributed by atoms with van der Waals surface area (Å²) < 4.78 is 5.19. The summed E-state index contributed by atoms with van der Waals surface area (Å²) in [5, 5.41) is 0. The number of ether oxygens (including phenoxy) is 1. The van der Waals surface area contributed by atoms with E-state index in [4.69, 9.17) is 10.5 Å². The zero-order chi connectivity index (χ0) is 14.7. The van der Waals surface area contributed by atoms with Crippen LogP contribution >= 0.6 is 11.8 Å². The highest BCUT2D eigenvalue weighted by Crippen LogP contribution is 2.41. The molecule has 1 aliphatic rings. The molecule has 21 heavy (non-hydrogen) atoms. The van der Waals surface area contributed by atoms with E-state index in [-0.39, 0.29) is 6.04 Å². The van der Waals surface area contributed by atoms with Gasteiger partial charge in [0.15, 0.2) is 0 Å². The van der Waals surface area contributed by atoms with Crippen molar-refractivity contribution in [3.8, 4) is 5.75 Å². The lowest BCUT2D eigenvalue weighted by Gasteiger charge is -2.17. The van der Waals surface area contributed by atoms with Gasteiger partial charge in [0.25, 0.3) is 0 Å². The summed E-state index contributed by atoms with van der Waals surface area (Å²) in [6, 6.07) is 17.1. The highest BCUT2D eigenvalue weighted by Gasteiger charge is 2.24. The van der Waals surface area contributed by atoms with Gasteiger partial charge in [0.05, 0.1) is 7.11 Å². The van der Waals surface area contributed by atoms with Gasteiger partial charge >= 0.3 is 0 Å². The molecule has 1 heterocycles. The van der Waals surface area contributed by atoms with Gasteiger partial charge < -0.3 is 10.5 Å². The number of fused-ring (bicyclic) bond motifs is 1. The molecular formula is C18H21NOS. The Morgan fingerprint density at radius 3 is 2.71 bits per heavy atom. The predicted octanol–water partition coefficient (Wildman–Crippen LogP) is 3.84. The summed E-state index contributed by atoms with van der Waals surface area (Å²) in [6.07, 6.45) is 1.98. The van der Waals surface area contributed by atoms with Gasteiger partial charge in [-0.15, -0.1) is 11.8 Å². The quantitative estimate of drug-likeness (QED) is 0.911. The van der Waals surface area contributed by atoms with Crippen molar-refractivity contribution in [2.75, 3.05) is 12.9 Å². The molecule has 0 saturated carbocycles. The Hall–Kier alpha value is -1.45. The molecule has 0 bridgehead atoms. The number of methoxy groups -OCH3 is 1. The Balaban J connectivity index is 1.60. The van der Waals surface area contributed by atoms with E-state index in [1.54, 1.807) is 7.11 Å². The molecular weight excluding hydrogens is 278 g/mol. The summed E-state index contributed by atoms with van der Waals surface area (Å²) in [5.74, 6) is 2.66. The largest absolute Gasteiger partial charge is 0.497 e. The van der Waals surface area contributed by atoms with E-state index in [0.29, 0.717) is 5.92 Å². The molecule has 2 aromatic rings. The third-order valence-electron chi connectivity index (χ3n) is 4.04. The molecule has 2 atom stereocenters. The molecule has 0 aromatic heterocycles. The van der Waals surface area contributed by atoms with Crippen molar-refractivity contribution in [3.05, 3.63) is 59.7 Å². The average molecular weight is 299 g/mol. The van der Waals surface area contributed by atoms with E-state index < -0.39 is 0 Å². The van der Waals surface area contributed by atoms with E-state index >= 15 is 0 Å². The van der Waals surface area contributed by atoms with Crippen molar-refractivity contribution in [2.24, 2.45) is 5.73 Å².